The molecule has 0 spiro atoms. The van der Waals surface area contributed by atoms with Crippen molar-refractivity contribution in [1.29, 1.82) is 5.26 Å². The number of ether oxygens (including phenoxy) is 3. The van der Waals surface area contributed by atoms with Crippen molar-refractivity contribution in [2.45, 2.75) is 13.2 Å². The quantitative estimate of drug-likeness (QED) is 0.875. The Morgan fingerprint density at radius 2 is 2.19 bits per heavy atom. The van der Waals surface area contributed by atoms with E-state index in [1.807, 2.05) is 18.2 Å². The van der Waals surface area contributed by atoms with E-state index < -0.39 is 0 Å². The third kappa shape index (κ3) is 2.91. The van der Waals surface area contributed by atoms with Gasteiger partial charge >= 0.3 is 0 Å². The SMILES string of the molecule is N#Cc1cccc(OCc2cc(N)cc3c2OCOC3)c1. The second-order valence-corrected chi connectivity index (χ2v) is 4.71. The average molecular weight is 282 g/mol. The Balaban J connectivity index is 1.82. The number of nitrogen functional groups attached to an aromatic ring is 1. The second-order valence-electron chi connectivity index (χ2n) is 4.71. The highest BCUT2D eigenvalue weighted by Crippen LogP contribution is 2.31. The summed E-state index contributed by atoms with van der Waals surface area (Å²) in [4.78, 5) is 0. The smallest absolute Gasteiger partial charge is 0.189 e. The summed E-state index contributed by atoms with van der Waals surface area (Å²) in [7, 11) is 0. The highest BCUT2D eigenvalue weighted by atomic mass is 16.7. The van der Waals surface area contributed by atoms with Crippen LogP contribution in [0.2, 0.25) is 0 Å². The van der Waals surface area contributed by atoms with Crippen LogP contribution in [0.4, 0.5) is 5.69 Å². The van der Waals surface area contributed by atoms with Gasteiger partial charge in [0.1, 0.15) is 18.1 Å². The van der Waals surface area contributed by atoms with Gasteiger partial charge in [0.05, 0.1) is 18.2 Å². The molecule has 5 nitrogen and oxygen atoms in total. The van der Waals surface area contributed by atoms with Gasteiger partial charge in [0.25, 0.3) is 0 Å². The Morgan fingerprint density at radius 3 is 3.05 bits per heavy atom. The maximum Gasteiger partial charge on any atom is 0.189 e. The topological polar surface area (TPSA) is 77.5 Å². The van der Waals surface area contributed by atoms with Gasteiger partial charge in [0.2, 0.25) is 0 Å². The van der Waals surface area contributed by atoms with Crippen LogP contribution < -0.4 is 15.2 Å². The molecule has 0 unspecified atom stereocenters. The summed E-state index contributed by atoms with van der Waals surface area (Å²) in [6.07, 6.45) is 0. The number of nitriles is 1. The predicted octanol–water partition coefficient (Wildman–Crippen LogP) is 2.59. The second kappa shape index (κ2) is 5.73. The van der Waals surface area contributed by atoms with Crippen LogP contribution in [0.25, 0.3) is 0 Å². The fraction of sp³-hybridized carbons (Fsp3) is 0.188. The zero-order chi connectivity index (χ0) is 14.7. The highest BCUT2D eigenvalue weighted by molar-refractivity contribution is 5.53. The molecule has 1 aliphatic rings. The number of anilines is 1. The monoisotopic (exact) mass is 282 g/mol. The van der Waals surface area contributed by atoms with Gasteiger partial charge in [0, 0.05) is 16.8 Å². The number of benzene rings is 2. The van der Waals surface area contributed by atoms with E-state index in [0.717, 1.165) is 16.9 Å². The first-order valence-electron chi connectivity index (χ1n) is 6.51. The largest absolute Gasteiger partial charge is 0.489 e. The van der Waals surface area contributed by atoms with Crippen LogP contribution >= 0.6 is 0 Å². The number of nitrogens with two attached hydrogens (primary N) is 1. The number of fused-ring (bicyclic) bond motifs is 1. The molecular weight excluding hydrogens is 268 g/mol. The number of rotatable bonds is 3. The molecule has 0 saturated carbocycles. The van der Waals surface area contributed by atoms with Gasteiger partial charge in [-0.05, 0) is 30.3 Å². The van der Waals surface area contributed by atoms with E-state index >= 15 is 0 Å². The number of hydrogen-bond donors (Lipinski definition) is 1. The summed E-state index contributed by atoms with van der Waals surface area (Å²) in [5, 5.41) is 8.89. The van der Waals surface area contributed by atoms with Crippen molar-refractivity contribution in [3.05, 3.63) is 53.1 Å². The Kier molecular flexibility index (Phi) is 3.63. The third-order valence-electron chi connectivity index (χ3n) is 3.17. The molecule has 0 fully saturated rings. The maximum atomic E-state index is 8.89. The molecule has 3 rings (SSSR count). The van der Waals surface area contributed by atoms with Crippen LogP contribution in [0.5, 0.6) is 11.5 Å². The maximum absolute atomic E-state index is 8.89. The summed E-state index contributed by atoms with van der Waals surface area (Å²) in [6.45, 7) is 1.04. The Labute approximate surface area is 122 Å². The zero-order valence-electron chi connectivity index (χ0n) is 11.3. The molecule has 0 bridgehead atoms. The lowest BCUT2D eigenvalue weighted by Crippen LogP contribution is -2.14. The molecule has 0 saturated heterocycles. The minimum absolute atomic E-state index is 0.230. The lowest BCUT2D eigenvalue weighted by atomic mass is 10.1. The van der Waals surface area contributed by atoms with Crippen LogP contribution in [-0.4, -0.2) is 6.79 Å². The van der Waals surface area contributed by atoms with Crippen molar-refractivity contribution in [1.82, 2.24) is 0 Å². The van der Waals surface area contributed by atoms with Gasteiger partial charge in [-0.2, -0.15) is 5.26 Å². The molecule has 0 atom stereocenters. The van der Waals surface area contributed by atoms with Crippen molar-refractivity contribution in [3.8, 4) is 17.6 Å². The van der Waals surface area contributed by atoms with E-state index in [-0.39, 0.29) is 6.79 Å². The minimum atomic E-state index is 0.230. The van der Waals surface area contributed by atoms with Crippen LogP contribution in [-0.2, 0) is 18.0 Å². The normalized spacial score (nSPS) is 12.9. The summed E-state index contributed by atoms with van der Waals surface area (Å²) < 4.78 is 16.5. The molecule has 0 aliphatic carbocycles. The summed E-state index contributed by atoms with van der Waals surface area (Å²) in [6, 6.07) is 12.8. The minimum Gasteiger partial charge on any atom is -0.489 e. The molecule has 0 aromatic heterocycles. The Hall–Kier alpha value is -2.71. The van der Waals surface area contributed by atoms with E-state index in [1.165, 1.54) is 0 Å². The van der Waals surface area contributed by atoms with Crippen LogP contribution in [0, 0.1) is 11.3 Å². The summed E-state index contributed by atoms with van der Waals surface area (Å²) in [5.41, 5.74) is 8.89. The molecule has 0 radical (unpaired) electrons. The third-order valence-corrected chi connectivity index (χ3v) is 3.17. The van der Waals surface area contributed by atoms with Gasteiger partial charge < -0.3 is 19.9 Å². The van der Waals surface area contributed by atoms with Gasteiger partial charge in [-0.25, -0.2) is 0 Å². The van der Waals surface area contributed by atoms with Gasteiger partial charge in [0.15, 0.2) is 6.79 Å². The lowest BCUT2D eigenvalue weighted by molar-refractivity contribution is -0.0175. The van der Waals surface area contributed by atoms with Crippen molar-refractivity contribution in [2.24, 2.45) is 0 Å². The Bertz CT molecular complexity index is 707. The first-order chi connectivity index (χ1) is 10.3. The van der Waals surface area contributed by atoms with Crippen molar-refractivity contribution in [3.63, 3.8) is 0 Å². The number of hydrogen-bond acceptors (Lipinski definition) is 5. The van der Waals surface area contributed by atoms with Crippen molar-refractivity contribution in [2.75, 3.05) is 12.5 Å². The molecule has 5 heteroatoms. The van der Waals surface area contributed by atoms with E-state index in [9.17, 15) is 0 Å². The zero-order valence-corrected chi connectivity index (χ0v) is 11.3. The molecule has 106 valence electrons. The molecule has 21 heavy (non-hydrogen) atoms. The predicted molar refractivity (Wildman–Crippen MR) is 76.6 cm³/mol. The fourth-order valence-electron chi connectivity index (χ4n) is 2.25. The molecule has 1 heterocycles. The van der Waals surface area contributed by atoms with E-state index in [4.69, 9.17) is 25.2 Å². The van der Waals surface area contributed by atoms with E-state index in [2.05, 4.69) is 6.07 Å². The lowest BCUT2D eigenvalue weighted by Gasteiger charge is -2.21. The van der Waals surface area contributed by atoms with Crippen LogP contribution in [0.3, 0.4) is 0 Å². The standard InChI is InChI=1S/C16H14N2O3/c17-7-11-2-1-3-15(4-11)20-9-13-6-14(18)5-12-8-19-10-21-16(12)13/h1-6H,8-10,18H2. The Morgan fingerprint density at radius 1 is 1.29 bits per heavy atom. The summed E-state index contributed by atoms with van der Waals surface area (Å²) >= 11 is 0. The average Bonchev–Trinajstić information content (AvgIpc) is 2.52. The van der Waals surface area contributed by atoms with Gasteiger partial charge in [-0.1, -0.05) is 6.07 Å². The van der Waals surface area contributed by atoms with Crippen LogP contribution in [0.1, 0.15) is 16.7 Å². The van der Waals surface area contributed by atoms with Gasteiger partial charge in [-0.15, -0.1) is 0 Å². The first kappa shape index (κ1) is 13.3. The summed E-state index contributed by atoms with van der Waals surface area (Å²) in [5.74, 6) is 1.41. The van der Waals surface area contributed by atoms with Crippen LogP contribution in [0.15, 0.2) is 36.4 Å². The first-order valence-corrected chi connectivity index (χ1v) is 6.51. The van der Waals surface area contributed by atoms with E-state index in [0.29, 0.717) is 30.2 Å². The van der Waals surface area contributed by atoms with Crippen molar-refractivity contribution >= 4 is 5.69 Å². The molecular formula is C16H14N2O3. The van der Waals surface area contributed by atoms with Crippen molar-refractivity contribution < 1.29 is 14.2 Å². The van der Waals surface area contributed by atoms with E-state index in [1.54, 1.807) is 18.2 Å². The molecule has 1 aliphatic heterocycles. The molecule has 2 N–H and O–H groups in total. The fourth-order valence-corrected chi connectivity index (χ4v) is 2.25. The molecule has 0 amide bonds. The molecule has 2 aromatic rings. The number of nitrogens with zero attached hydrogens (tertiary/aromatic N) is 1. The van der Waals surface area contributed by atoms with Gasteiger partial charge in [-0.3, -0.25) is 0 Å². The highest BCUT2D eigenvalue weighted by Gasteiger charge is 2.16. The molecule has 2 aromatic carbocycles.